The van der Waals surface area contributed by atoms with Crippen molar-refractivity contribution < 1.29 is 9.13 Å². The third-order valence-corrected chi connectivity index (χ3v) is 2.95. The number of hydrogen-bond acceptors (Lipinski definition) is 1. The molecule has 0 bridgehead atoms. The molecule has 2 rings (SSSR count). The van der Waals surface area contributed by atoms with Crippen LogP contribution >= 0.6 is 15.9 Å². The van der Waals surface area contributed by atoms with Gasteiger partial charge in [0.1, 0.15) is 11.6 Å². The summed E-state index contributed by atoms with van der Waals surface area (Å²) in [4.78, 5) is 0. The molecule has 0 atom stereocenters. The SMILES string of the molecule is COc1ccccc1-c1ccc(F)c(Br)c1. The van der Waals surface area contributed by atoms with Gasteiger partial charge in [-0.15, -0.1) is 0 Å². The summed E-state index contributed by atoms with van der Waals surface area (Å²) >= 11 is 3.17. The number of hydrogen-bond donors (Lipinski definition) is 0. The van der Waals surface area contributed by atoms with E-state index < -0.39 is 0 Å². The smallest absolute Gasteiger partial charge is 0.137 e. The quantitative estimate of drug-likeness (QED) is 0.799. The van der Waals surface area contributed by atoms with Crippen molar-refractivity contribution in [1.29, 1.82) is 0 Å². The van der Waals surface area contributed by atoms with Gasteiger partial charge >= 0.3 is 0 Å². The average Bonchev–Trinajstić information content (AvgIpc) is 2.32. The van der Waals surface area contributed by atoms with Crippen LogP contribution in [0.2, 0.25) is 0 Å². The Kier molecular flexibility index (Phi) is 3.25. The maximum Gasteiger partial charge on any atom is 0.137 e. The van der Waals surface area contributed by atoms with E-state index in [1.54, 1.807) is 19.2 Å². The molecule has 2 aromatic carbocycles. The van der Waals surface area contributed by atoms with Crippen LogP contribution in [0.5, 0.6) is 5.75 Å². The average molecular weight is 281 g/mol. The van der Waals surface area contributed by atoms with Gasteiger partial charge in [-0.3, -0.25) is 0 Å². The second kappa shape index (κ2) is 4.66. The molecule has 1 nitrogen and oxygen atoms in total. The van der Waals surface area contributed by atoms with E-state index in [0.29, 0.717) is 4.47 Å². The Bertz CT molecular complexity index is 511. The number of halogens is 2. The highest BCUT2D eigenvalue weighted by Gasteiger charge is 2.06. The van der Waals surface area contributed by atoms with Crippen LogP contribution in [0.4, 0.5) is 4.39 Å². The van der Waals surface area contributed by atoms with Gasteiger partial charge in [0.05, 0.1) is 11.6 Å². The molecule has 2 aromatic rings. The van der Waals surface area contributed by atoms with Crippen LogP contribution in [0.1, 0.15) is 0 Å². The molecule has 0 amide bonds. The molecule has 0 aliphatic rings. The summed E-state index contributed by atoms with van der Waals surface area (Å²) in [6.07, 6.45) is 0. The van der Waals surface area contributed by atoms with E-state index >= 15 is 0 Å². The zero-order valence-electron chi connectivity index (χ0n) is 8.71. The summed E-state index contributed by atoms with van der Waals surface area (Å²) in [6, 6.07) is 12.6. The lowest BCUT2D eigenvalue weighted by Crippen LogP contribution is -1.88. The third kappa shape index (κ3) is 2.09. The summed E-state index contributed by atoms with van der Waals surface area (Å²) in [5.41, 5.74) is 1.87. The minimum Gasteiger partial charge on any atom is -0.496 e. The molecular weight excluding hydrogens is 271 g/mol. The van der Waals surface area contributed by atoms with Crippen molar-refractivity contribution in [1.82, 2.24) is 0 Å². The molecule has 0 spiro atoms. The van der Waals surface area contributed by atoms with E-state index in [1.165, 1.54) is 6.07 Å². The van der Waals surface area contributed by atoms with Gasteiger partial charge in [-0.05, 0) is 39.7 Å². The lowest BCUT2D eigenvalue weighted by Gasteiger charge is -2.08. The highest BCUT2D eigenvalue weighted by Crippen LogP contribution is 2.31. The van der Waals surface area contributed by atoms with E-state index in [-0.39, 0.29) is 5.82 Å². The van der Waals surface area contributed by atoms with Gasteiger partial charge in [0.2, 0.25) is 0 Å². The first-order chi connectivity index (χ1) is 7.72. The molecule has 82 valence electrons. The molecule has 0 aliphatic heterocycles. The minimum atomic E-state index is -0.265. The van der Waals surface area contributed by atoms with E-state index in [9.17, 15) is 4.39 Å². The molecule has 0 radical (unpaired) electrons. The Balaban J connectivity index is 2.54. The molecule has 0 unspecified atom stereocenters. The first kappa shape index (κ1) is 11.1. The number of rotatable bonds is 2. The van der Waals surface area contributed by atoms with Crippen molar-refractivity contribution in [3.63, 3.8) is 0 Å². The summed E-state index contributed by atoms with van der Waals surface area (Å²) < 4.78 is 18.8. The number of ether oxygens (including phenoxy) is 1. The van der Waals surface area contributed by atoms with Gasteiger partial charge in [0.15, 0.2) is 0 Å². The minimum absolute atomic E-state index is 0.265. The summed E-state index contributed by atoms with van der Waals surface area (Å²) in [5, 5.41) is 0. The summed E-state index contributed by atoms with van der Waals surface area (Å²) in [6.45, 7) is 0. The number of benzene rings is 2. The predicted octanol–water partition coefficient (Wildman–Crippen LogP) is 4.26. The van der Waals surface area contributed by atoms with E-state index in [0.717, 1.165) is 16.9 Å². The fourth-order valence-corrected chi connectivity index (χ4v) is 1.93. The van der Waals surface area contributed by atoms with Crippen molar-refractivity contribution in [3.8, 4) is 16.9 Å². The van der Waals surface area contributed by atoms with Crippen LogP contribution in [0, 0.1) is 5.82 Å². The topological polar surface area (TPSA) is 9.23 Å². The molecule has 0 saturated carbocycles. The van der Waals surface area contributed by atoms with Gasteiger partial charge in [0.25, 0.3) is 0 Å². The zero-order chi connectivity index (χ0) is 11.5. The maximum absolute atomic E-state index is 13.1. The fraction of sp³-hybridized carbons (Fsp3) is 0.0769. The molecule has 0 heterocycles. The molecule has 0 N–H and O–H groups in total. The second-order valence-electron chi connectivity index (χ2n) is 3.33. The van der Waals surface area contributed by atoms with E-state index in [4.69, 9.17) is 4.74 Å². The Morgan fingerprint density at radius 3 is 2.56 bits per heavy atom. The maximum atomic E-state index is 13.1. The van der Waals surface area contributed by atoms with Crippen molar-refractivity contribution in [2.24, 2.45) is 0 Å². The Morgan fingerprint density at radius 2 is 1.88 bits per heavy atom. The Labute approximate surface area is 102 Å². The first-order valence-corrected chi connectivity index (χ1v) is 5.60. The summed E-state index contributed by atoms with van der Waals surface area (Å²) in [5.74, 6) is 0.514. The molecule has 0 aliphatic carbocycles. The van der Waals surface area contributed by atoms with Gasteiger partial charge in [-0.1, -0.05) is 24.3 Å². The van der Waals surface area contributed by atoms with Crippen LogP contribution in [0.15, 0.2) is 46.9 Å². The van der Waals surface area contributed by atoms with Gasteiger partial charge in [0, 0.05) is 5.56 Å². The van der Waals surface area contributed by atoms with Crippen LogP contribution in [-0.2, 0) is 0 Å². The van der Waals surface area contributed by atoms with Crippen LogP contribution in [0.3, 0.4) is 0 Å². The van der Waals surface area contributed by atoms with Gasteiger partial charge < -0.3 is 4.74 Å². The Morgan fingerprint density at radius 1 is 1.12 bits per heavy atom. The highest BCUT2D eigenvalue weighted by atomic mass is 79.9. The second-order valence-corrected chi connectivity index (χ2v) is 4.18. The number of para-hydroxylation sites is 1. The number of methoxy groups -OCH3 is 1. The normalized spacial score (nSPS) is 10.2. The molecular formula is C13H10BrFO. The first-order valence-electron chi connectivity index (χ1n) is 4.81. The molecule has 0 fully saturated rings. The highest BCUT2D eigenvalue weighted by molar-refractivity contribution is 9.10. The van der Waals surface area contributed by atoms with Crippen molar-refractivity contribution in [2.45, 2.75) is 0 Å². The predicted molar refractivity (Wildman–Crippen MR) is 66.1 cm³/mol. The monoisotopic (exact) mass is 280 g/mol. The van der Waals surface area contributed by atoms with Crippen LogP contribution < -0.4 is 4.74 Å². The third-order valence-electron chi connectivity index (χ3n) is 2.34. The summed E-state index contributed by atoms with van der Waals surface area (Å²) in [7, 11) is 1.62. The molecule has 0 saturated heterocycles. The molecule has 16 heavy (non-hydrogen) atoms. The van der Waals surface area contributed by atoms with Crippen LogP contribution in [0.25, 0.3) is 11.1 Å². The van der Waals surface area contributed by atoms with Crippen molar-refractivity contribution in [2.75, 3.05) is 7.11 Å². The van der Waals surface area contributed by atoms with E-state index in [2.05, 4.69) is 15.9 Å². The Hall–Kier alpha value is -1.35. The van der Waals surface area contributed by atoms with Crippen molar-refractivity contribution >= 4 is 15.9 Å². The standard InChI is InChI=1S/C13H10BrFO/c1-16-13-5-3-2-4-10(13)9-6-7-12(15)11(14)8-9/h2-8H,1H3. The zero-order valence-corrected chi connectivity index (χ0v) is 10.3. The molecule has 0 aromatic heterocycles. The van der Waals surface area contributed by atoms with Crippen molar-refractivity contribution in [3.05, 3.63) is 52.8 Å². The largest absolute Gasteiger partial charge is 0.496 e. The van der Waals surface area contributed by atoms with Crippen LogP contribution in [-0.4, -0.2) is 7.11 Å². The van der Waals surface area contributed by atoms with E-state index in [1.807, 2.05) is 24.3 Å². The van der Waals surface area contributed by atoms with Gasteiger partial charge in [-0.2, -0.15) is 0 Å². The lowest BCUT2D eigenvalue weighted by molar-refractivity contribution is 0.416. The molecule has 3 heteroatoms. The fourth-order valence-electron chi connectivity index (χ4n) is 1.55. The lowest BCUT2D eigenvalue weighted by atomic mass is 10.0. The van der Waals surface area contributed by atoms with Gasteiger partial charge in [-0.25, -0.2) is 4.39 Å².